The summed E-state index contributed by atoms with van der Waals surface area (Å²) in [5, 5.41) is 7.33. The molecule has 0 fully saturated rings. The summed E-state index contributed by atoms with van der Waals surface area (Å²) in [5.41, 5.74) is 5.45. The van der Waals surface area contributed by atoms with E-state index in [4.69, 9.17) is 11.1 Å². The molecule has 0 aromatic carbocycles. The molecule has 1 atom stereocenters. The van der Waals surface area contributed by atoms with Crippen molar-refractivity contribution in [1.29, 1.82) is 5.41 Å². The molecule has 0 aromatic heterocycles. The number of nitrogens with zero attached hydrogens (tertiary/aromatic N) is 1. The Kier molecular flexibility index (Phi) is 6.54. The highest BCUT2D eigenvalue weighted by Gasteiger charge is 2.16. The third-order valence-corrected chi connectivity index (χ3v) is 2.45. The van der Waals surface area contributed by atoms with Crippen LogP contribution in [0.25, 0.3) is 0 Å². The highest BCUT2D eigenvalue weighted by atomic mass is 15.1. The number of nitrogens with one attached hydrogen (secondary N) is 1. The van der Waals surface area contributed by atoms with E-state index < -0.39 is 0 Å². The van der Waals surface area contributed by atoms with Crippen LogP contribution in [0.1, 0.15) is 40.5 Å². The van der Waals surface area contributed by atoms with Crippen molar-refractivity contribution in [2.24, 2.45) is 11.7 Å². The maximum absolute atomic E-state index is 7.33. The van der Waals surface area contributed by atoms with Gasteiger partial charge in [0.2, 0.25) is 0 Å². The van der Waals surface area contributed by atoms with Crippen LogP contribution in [0.15, 0.2) is 0 Å². The summed E-state index contributed by atoms with van der Waals surface area (Å²) in [5.74, 6) is 0.981. The maximum atomic E-state index is 7.33. The number of nitrogens with two attached hydrogens (primary N) is 1. The molecule has 0 aliphatic rings. The first-order valence-electron chi connectivity index (χ1n) is 5.58. The first-order valence-corrected chi connectivity index (χ1v) is 5.58. The topological polar surface area (TPSA) is 53.1 Å². The Labute approximate surface area is 88.2 Å². The van der Waals surface area contributed by atoms with E-state index in [1.165, 1.54) is 0 Å². The largest absolute Gasteiger partial charge is 0.388 e. The summed E-state index contributed by atoms with van der Waals surface area (Å²) in [6, 6.07) is 0.444. The van der Waals surface area contributed by atoms with Crippen molar-refractivity contribution < 1.29 is 0 Å². The summed E-state index contributed by atoms with van der Waals surface area (Å²) >= 11 is 0. The van der Waals surface area contributed by atoms with Crippen LogP contribution in [0, 0.1) is 11.3 Å². The summed E-state index contributed by atoms with van der Waals surface area (Å²) in [4.78, 5) is 2.42. The molecule has 14 heavy (non-hydrogen) atoms. The van der Waals surface area contributed by atoms with Gasteiger partial charge in [0.15, 0.2) is 0 Å². The molecule has 3 nitrogen and oxygen atoms in total. The van der Waals surface area contributed by atoms with E-state index in [0.29, 0.717) is 24.2 Å². The lowest BCUT2D eigenvalue weighted by atomic mass is 10.1. The number of rotatable bonds is 7. The Morgan fingerprint density at radius 2 is 1.93 bits per heavy atom. The minimum atomic E-state index is 0.305. The van der Waals surface area contributed by atoms with Gasteiger partial charge in [0.25, 0.3) is 0 Å². The Morgan fingerprint density at radius 1 is 1.36 bits per heavy atom. The monoisotopic (exact) mass is 199 g/mol. The molecule has 0 saturated heterocycles. The van der Waals surface area contributed by atoms with E-state index in [1.54, 1.807) is 0 Å². The smallest absolute Gasteiger partial charge is 0.0921 e. The standard InChI is InChI=1S/C11H25N3/c1-5-10(7-11(12)13)14(6-2)8-9(3)4/h9-10H,5-8H2,1-4H3,(H3,12,13). The van der Waals surface area contributed by atoms with E-state index in [-0.39, 0.29) is 0 Å². The summed E-state index contributed by atoms with van der Waals surface area (Å²) in [7, 11) is 0. The minimum Gasteiger partial charge on any atom is -0.388 e. The molecule has 0 saturated carbocycles. The lowest BCUT2D eigenvalue weighted by Crippen LogP contribution is -2.39. The van der Waals surface area contributed by atoms with E-state index in [1.807, 2.05) is 0 Å². The average Bonchev–Trinajstić information content (AvgIpc) is 2.10. The Bertz CT molecular complexity index is 166. The summed E-state index contributed by atoms with van der Waals surface area (Å²) in [6.07, 6.45) is 1.78. The first-order chi connectivity index (χ1) is 6.51. The van der Waals surface area contributed by atoms with Gasteiger partial charge in [0, 0.05) is 19.0 Å². The molecule has 1 unspecified atom stereocenters. The van der Waals surface area contributed by atoms with E-state index in [9.17, 15) is 0 Å². The van der Waals surface area contributed by atoms with Gasteiger partial charge in [0.1, 0.15) is 0 Å². The molecule has 0 amide bonds. The second-order valence-electron chi connectivity index (χ2n) is 4.27. The number of amidine groups is 1. The fraction of sp³-hybridized carbons (Fsp3) is 0.909. The third-order valence-electron chi connectivity index (χ3n) is 2.45. The van der Waals surface area contributed by atoms with E-state index in [0.717, 1.165) is 19.5 Å². The minimum absolute atomic E-state index is 0.305. The van der Waals surface area contributed by atoms with Crippen LogP contribution in [-0.2, 0) is 0 Å². The highest BCUT2D eigenvalue weighted by Crippen LogP contribution is 2.10. The molecule has 3 N–H and O–H groups in total. The van der Waals surface area contributed by atoms with Crippen molar-refractivity contribution in [3.63, 3.8) is 0 Å². The molecule has 0 heterocycles. The second kappa shape index (κ2) is 6.82. The average molecular weight is 199 g/mol. The lowest BCUT2D eigenvalue weighted by molar-refractivity contribution is 0.183. The van der Waals surface area contributed by atoms with Gasteiger partial charge in [0.05, 0.1) is 5.84 Å². The molecular weight excluding hydrogens is 174 g/mol. The molecule has 0 aliphatic carbocycles. The first kappa shape index (κ1) is 13.4. The van der Waals surface area contributed by atoms with Crippen LogP contribution < -0.4 is 5.73 Å². The van der Waals surface area contributed by atoms with Crippen LogP contribution in [0.5, 0.6) is 0 Å². The molecule has 0 aromatic rings. The SMILES string of the molecule is CCC(CC(=N)N)N(CC)CC(C)C. The second-order valence-corrected chi connectivity index (χ2v) is 4.27. The Hall–Kier alpha value is -0.570. The lowest BCUT2D eigenvalue weighted by Gasteiger charge is -2.31. The van der Waals surface area contributed by atoms with Crippen LogP contribution >= 0.6 is 0 Å². The van der Waals surface area contributed by atoms with Crippen LogP contribution in [0.4, 0.5) is 0 Å². The molecule has 0 spiro atoms. The van der Waals surface area contributed by atoms with E-state index >= 15 is 0 Å². The molecule has 0 rings (SSSR count). The van der Waals surface area contributed by atoms with Crippen LogP contribution in [-0.4, -0.2) is 29.9 Å². The van der Waals surface area contributed by atoms with Gasteiger partial charge in [-0.05, 0) is 18.9 Å². The zero-order valence-electron chi connectivity index (χ0n) is 10.0. The summed E-state index contributed by atoms with van der Waals surface area (Å²) < 4.78 is 0. The van der Waals surface area contributed by atoms with Crippen molar-refractivity contribution in [2.75, 3.05) is 13.1 Å². The zero-order valence-corrected chi connectivity index (χ0v) is 10.0. The van der Waals surface area contributed by atoms with Crippen molar-refractivity contribution >= 4 is 5.84 Å². The molecular formula is C11H25N3. The van der Waals surface area contributed by atoms with Crippen molar-refractivity contribution in [3.05, 3.63) is 0 Å². The van der Waals surface area contributed by atoms with Gasteiger partial charge in [-0.25, -0.2) is 0 Å². The van der Waals surface area contributed by atoms with Gasteiger partial charge in [-0.1, -0.05) is 27.7 Å². The highest BCUT2D eigenvalue weighted by molar-refractivity contribution is 5.77. The zero-order chi connectivity index (χ0) is 11.1. The Balaban J connectivity index is 4.21. The third kappa shape index (κ3) is 5.22. The van der Waals surface area contributed by atoms with Crippen LogP contribution in [0.2, 0.25) is 0 Å². The fourth-order valence-corrected chi connectivity index (χ4v) is 1.79. The van der Waals surface area contributed by atoms with E-state index in [2.05, 4.69) is 32.6 Å². The van der Waals surface area contributed by atoms with Crippen molar-refractivity contribution in [2.45, 2.75) is 46.6 Å². The molecule has 0 aliphatic heterocycles. The normalized spacial score (nSPS) is 13.6. The van der Waals surface area contributed by atoms with Gasteiger partial charge >= 0.3 is 0 Å². The van der Waals surface area contributed by atoms with Crippen molar-refractivity contribution in [1.82, 2.24) is 4.90 Å². The number of hydrogen-bond acceptors (Lipinski definition) is 2. The van der Waals surface area contributed by atoms with Crippen molar-refractivity contribution in [3.8, 4) is 0 Å². The van der Waals surface area contributed by atoms with Gasteiger partial charge < -0.3 is 5.73 Å². The maximum Gasteiger partial charge on any atom is 0.0921 e. The molecule has 84 valence electrons. The predicted molar refractivity (Wildman–Crippen MR) is 62.7 cm³/mol. The van der Waals surface area contributed by atoms with Gasteiger partial charge in [-0.3, -0.25) is 10.3 Å². The summed E-state index contributed by atoms with van der Waals surface area (Å²) in [6.45, 7) is 10.9. The number of hydrogen-bond donors (Lipinski definition) is 2. The van der Waals surface area contributed by atoms with Gasteiger partial charge in [-0.15, -0.1) is 0 Å². The quantitative estimate of drug-likeness (QED) is 0.487. The van der Waals surface area contributed by atoms with Crippen LogP contribution in [0.3, 0.4) is 0 Å². The molecule has 0 bridgehead atoms. The molecule has 3 heteroatoms. The molecule has 0 radical (unpaired) electrons. The fourth-order valence-electron chi connectivity index (χ4n) is 1.79. The van der Waals surface area contributed by atoms with Gasteiger partial charge in [-0.2, -0.15) is 0 Å². The predicted octanol–water partition coefficient (Wildman–Crippen LogP) is 2.07. The Morgan fingerprint density at radius 3 is 2.21 bits per heavy atom.